The first-order valence-electron chi connectivity index (χ1n) is 7.66. The lowest BCUT2D eigenvalue weighted by Gasteiger charge is -2.22. The Morgan fingerprint density at radius 1 is 1.19 bits per heavy atom. The van der Waals surface area contributed by atoms with Gasteiger partial charge in [-0.1, -0.05) is 13.8 Å². The van der Waals surface area contributed by atoms with Crippen molar-refractivity contribution in [1.29, 1.82) is 0 Å². The second kappa shape index (κ2) is 10.8. The van der Waals surface area contributed by atoms with Crippen molar-refractivity contribution in [2.75, 3.05) is 40.5 Å². The van der Waals surface area contributed by atoms with Crippen molar-refractivity contribution < 1.29 is 13.9 Å². The quantitative estimate of drug-likeness (QED) is 0.600. The average Bonchev–Trinajstić information content (AvgIpc) is 2.89. The van der Waals surface area contributed by atoms with Crippen molar-refractivity contribution in [3.63, 3.8) is 0 Å². The number of nitrogens with one attached hydrogen (secondary N) is 1. The normalized spacial score (nSPS) is 11.7. The maximum Gasteiger partial charge on any atom is 0.122 e. The van der Waals surface area contributed by atoms with Crippen molar-refractivity contribution in [3.8, 4) is 0 Å². The Bertz CT molecular complexity index is 366. The third-order valence-electron chi connectivity index (χ3n) is 3.34. The summed E-state index contributed by atoms with van der Waals surface area (Å²) < 4.78 is 15.9. The van der Waals surface area contributed by atoms with Gasteiger partial charge in [0, 0.05) is 52.1 Å². The van der Waals surface area contributed by atoms with E-state index >= 15 is 0 Å². The topological polar surface area (TPSA) is 46.9 Å². The van der Waals surface area contributed by atoms with E-state index in [1.165, 1.54) is 5.56 Å². The molecule has 1 heterocycles. The van der Waals surface area contributed by atoms with Gasteiger partial charge < -0.3 is 19.2 Å². The van der Waals surface area contributed by atoms with Crippen LogP contribution in [0, 0.1) is 0 Å². The molecule has 0 saturated heterocycles. The van der Waals surface area contributed by atoms with E-state index in [0.717, 1.165) is 51.6 Å². The van der Waals surface area contributed by atoms with Crippen LogP contribution in [0.5, 0.6) is 0 Å². The number of ether oxygens (including phenoxy) is 2. The summed E-state index contributed by atoms with van der Waals surface area (Å²) >= 11 is 0. The van der Waals surface area contributed by atoms with Gasteiger partial charge in [-0.2, -0.15) is 0 Å². The molecule has 1 rings (SSSR count). The molecular formula is C16H30N2O3. The number of hydrogen-bond acceptors (Lipinski definition) is 5. The summed E-state index contributed by atoms with van der Waals surface area (Å²) in [5.41, 5.74) is 1.25. The Hall–Kier alpha value is -0.880. The van der Waals surface area contributed by atoms with E-state index in [2.05, 4.69) is 30.1 Å². The zero-order valence-electron chi connectivity index (χ0n) is 13.9. The van der Waals surface area contributed by atoms with Gasteiger partial charge in [-0.3, -0.25) is 4.90 Å². The molecule has 0 spiro atoms. The molecule has 5 nitrogen and oxygen atoms in total. The largest absolute Gasteiger partial charge is 0.468 e. The summed E-state index contributed by atoms with van der Waals surface area (Å²) in [6, 6.07) is 2.52. The highest BCUT2D eigenvalue weighted by molar-refractivity contribution is 5.17. The van der Waals surface area contributed by atoms with Gasteiger partial charge in [0.05, 0.1) is 19.4 Å². The van der Waals surface area contributed by atoms with Crippen LogP contribution in [0.25, 0.3) is 0 Å². The molecule has 0 aliphatic heterocycles. The summed E-state index contributed by atoms with van der Waals surface area (Å²) in [6.45, 7) is 9.38. The minimum absolute atomic E-state index is 0.453. The zero-order chi connectivity index (χ0) is 15.5. The lowest BCUT2D eigenvalue weighted by atomic mass is 10.2. The van der Waals surface area contributed by atoms with Gasteiger partial charge in [0.1, 0.15) is 5.76 Å². The Kier molecular flexibility index (Phi) is 9.34. The Balaban J connectivity index is 2.53. The molecule has 0 aliphatic carbocycles. The molecule has 0 bridgehead atoms. The second-order valence-corrected chi connectivity index (χ2v) is 5.52. The minimum atomic E-state index is 0.453. The van der Waals surface area contributed by atoms with E-state index in [4.69, 9.17) is 13.9 Å². The summed E-state index contributed by atoms with van der Waals surface area (Å²) in [5.74, 6) is 1.03. The van der Waals surface area contributed by atoms with Crippen molar-refractivity contribution in [1.82, 2.24) is 10.2 Å². The van der Waals surface area contributed by atoms with E-state index in [-0.39, 0.29) is 0 Å². The monoisotopic (exact) mass is 298 g/mol. The van der Waals surface area contributed by atoms with Crippen LogP contribution in [-0.2, 0) is 22.6 Å². The van der Waals surface area contributed by atoms with Crippen LogP contribution in [0.3, 0.4) is 0 Å². The minimum Gasteiger partial charge on any atom is -0.468 e. The molecule has 122 valence electrons. The smallest absolute Gasteiger partial charge is 0.122 e. The Morgan fingerprint density at radius 2 is 1.95 bits per heavy atom. The Morgan fingerprint density at radius 3 is 2.62 bits per heavy atom. The van der Waals surface area contributed by atoms with E-state index in [1.807, 2.05) is 0 Å². The molecule has 5 heteroatoms. The molecule has 0 amide bonds. The lowest BCUT2D eigenvalue weighted by Crippen LogP contribution is -2.29. The van der Waals surface area contributed by atoms with Gasteiger partial charge >= 0.3 is 0 Å². The standard InChI is InChI=1S/C16H30N2O3/c1-14(2)17-12-16-15(6-10-21-16)13-18(8-11-20-4)7-5-9-19-3/h6,10,14,17H,5,7-9,11-13H2,1-4H3. The second-order valence-electron chi connectivity index (χ2n) is 5.52. The SMILES string of the molecule is COCCCN(CCOC)Cc1ccoc1CNC(C)C. The molecule has 21 heavy (non-hydrogen) atoms. The summed E-state index contributed by atoms with van der Waals surface area (Å²) in [7, 11) is 3.48. The maximum absolute atomic E-state index is 5.60. The molecule has 0 radical (unpaired) electrons. The van der Waals surface area contributed by atoms with Crippen molar-refractivity contribution in [2.24, 2.45) is 0 Å². The van der Waals surface area contributed by atoms with Crippen LogP contribution >= 0.6 is 0 Å². The van der Waals surface area contributed by atoms with Gasteiger partial charge in [-0.15, -0.1) is 0 Å². The molecule has 0 saturated carbocycles. The highest BCUT2D eigenvalue weighted by Gasteiger charge is 2.12. The van der Waals surface area contributed by atoms with Gasteiger partial charge in [0.2, 0.25) is 0 Å². The molecule has 0 fully saturated rings. The predicted octanol–water partition coefficient (Wildman–Crippen LogP) is 2.26. The molecule has 1 aromatic rings. The van der Waals surface area contributed by atoms with Crippen LogP contribution < -0.4 is 5.32 Å². The number of nitrogens with zero attached hydrogens (tertiary/aromatic N) is 1. The fraction of sp³-hybridized carbons (Fsp3) is 0.750. The lowest BCUT2D eigenvalue weighted by molar-refractivity contribution is 0.129. The number of methoxy groups -OCH3 is 2. The fourth-order valence-corrected chi connectivity index (χ4v) is 2.12. The van der Waals surface area contributed by atoms with Crippen LogP contribution in [-0.4, -0.2) is 51.5 Å². The van der Waals surface area contributed by atoms with Crippen molar-refractivity contribution >= 4 is 0 Å². The predicted molar refractivity (Wildman–Crippen MR) is 84.3 cm³/mol. The average molecular weight is 298 g/mol. The van der Waals surface area contributed by atoms with Crippen molar-refractivity contribution in [3.05, 3.63) is 23.7 Å². The maximum atomic E-state index is 5.60. The highest BCUT2D eigenvalue weighted by atomic mass is 16.5. The molecule has 1 aromatic heterocycles. The molecule has 1 N–H and O–H groups in total. The third-order valence-corrected chi connectivity index (χ3v) is 3.34. The summed E-state index contributed by atoms with van der Waals surface area (Å²) in [5, 5.41) is 3.40. The first kappa shape index (κ1) is 18.2. The summed E-state index contributed by atoms with van der Waals surface area (Å²) in [4.78, 5) is 2.38. The number of hydrogen-bond donors (Lipinski definition) is 1. The zero-order valence-corrected chi connectivity index (χ0v) is 13.9. The first-order chi connectivity index (χ1) is 10.2. The highest BCUT2D eigenvalue weighted by Crippen LogP contribution is 2.14. The number of furan rings is 1. The molecule has 0 aromatic carbocycles. The van der Waals surface area contributed by atoms with Gasteiger partial charge in [-0.25, -0.2) is 0 Å². The third kappa shape index (κ3) is 7.62. The van der Waals surface area contributed by atoms with Gasteiger partial charge in [0.25, 0.3) is 0 Å². The first-order valence-corrected chi connectivity index (χ1v) is 7.66. The van der Waals surface area contributed by atoms with Gasteiger partial charge in [-0.05, 0) is 12.5 Å². The molecule has 0 atom stereocenters. The van der Waals surface area contributed by atoms with Crippen LogP contribution in [0.4, 0.5) is 0 Å². The van der Waals surface area contributed by atoms with E-state index < -0.39 is 0 Å². The molecular weight excluding hydrogens is 268 g/mol. The summed E-state index contributed by atoms with van der Waals surface area (Å²) in [6.07, 6.45) is 2.80. The Labute approximate surface area is 128 Å². The van der Waals surface area contributed by atoms with E-state index in [0.29, 0.717) is 6.04 Å². The van der Waals surface area contributed by atoms with Crippen LogP contribution in [0.1, 0.15) is 31.6 Å². The molecule has 0 unspecified atom stereocenters. The molecule has 0 aliphatic rings. The fourth-order valence-electron chi connectivity index (χ4n) is 2.12. The number of rotatable bonds is 12. The van der Waals surface area contributed by atoms with E-state index in [9.17, 15) is 0 Å². The van der Waals surface area contributed by atoms with Crippen LogP contribution in [0.15, 0.2) is 16.7 Å². The van der Waals surface area contributed by atoms with Crippen LogP contribution in [0.2, 0.25) is 0 Å². The van der Waals surface area contributed by atoms with Gasteiger partial charge in [0.15, 0.2) is 0 Å². The van der Waals surface area contributed by atoms with Crippen molar-refractivity contribution in [2.45, 2.75) is 39.4 Å². The van der Waals surface area contributed by atoms with E-state index in [1.54, 1.807) is 20.5 Å².